The summed E-state index contributed by atoms with van der Waals surface area (Å²) in [5.41, 5.74) is 12.0. The van der Waals surface area contributed by atoms with Crippen molar-refractivity contribution in [2.24, 2.45) is 5.73 Å². The number of carboxylic acids is 1. The molecule has 0 saturated heterocycles. The van der Waals surface area contributed by atoms with E-state index < -0.39 is 12.0 Å². The summed E-state index contributed by atoms with van der Waals surface area (Å²) in [6.45, 7) is 0. The van der Waals surface area contributed by atoms with Crippen LogP contribution in [0.2, 0.25) is 0 Å². The van der Waals surface area contributed by atoms with E-state index in [0.29, 0.717) is 11.3 Å². The molecule has 1 atom stereocenters. The third-order valence-electron chi connectivity index (χ3n) is 1.86. The van der Waals surface area contributed by atoms with Gasteiger partial charge >= 0.3 is 5.97 Å². The van der Waals surface area contributed by atoms with E-state index >= 15 is 0 Å². The first-order valence-corrected chi connectivity index (χ1v) is 4.06. The molecule has 0 amide bonds. The number of carboxylic acid groups (broad SMARTS) is 1. The van der Waals surface area contributed by atoms with E-state index in [1.165, 1.54) is 18.2 Å². The molecule has 6 N–H and O–H groups in total. The van der Waals surface area contributed by atoms with Crippen molar-refractivity contribution in [3.63, 3.8) is 0 Å². The Labute approximate surface area is 81.0 Å². The topological polar surface area (TPSA) is 110 Å². The zero-order chi connectivity index (χ0) is 10.7. The van der Waals surface area contributed by atoms with Crippen LogP contribution in [0.1, 0.15) is 18.0 Å². The molecule has 0 aliphatic carbocycles. The lowest BCUT2D eigenvalue weighted by Crippen LogP contribution is -2.16. The lowest BCUT2D eigenvalue weighted by molar-refractivity contribution is -0.137. The van der Waals surface area contributed by atoms with Crippen LogP contribution in [-0.4, -0.2) is 16.2 Å². The molecule has 1 aromatic carbocycles. The Morgan fingerprint density at radius 1 is 1.50 bits per heavy atom. The summed E-state index contributed by atoms with van der Waals surface area (Å²) in [6, 6.07) is 3.60. The second-order valence-corrected chi connectivity index (χ2v) is 3.02. The van der Waals surface area contributed by atoms with E-state index in [9.17, 15) is 4.79 Å². The fourth-order valence-electron chi connectivity index (χ4n) is 1.18. The number of carbonyl (C=O) groups is 1. The van der Waals surface area contributed by atoms with E-state index in [4.69, 9.17) is 21.7 Å². The van der Waals surface area contributed by atoms with Crippen LogP contribution in [0.3, 0.4) is 0 Å². The molecule has 0 unspecified atom stereocenters. The van der Waals surface area contributed by atoms with Crippen molar-refractivity contribution in [1.29, 1.82) is 0 Å². The van der Waals surface area contributed by atoms with Gasteiger partial charge in [0.15, 0.2) is 0 Å². The third kappa shape index (κ3) is 2.37. The minimum atomic E-state index is -1.000. The van der Waals surface area contributed by atoms with Gasteiger partial charge in [0.2, 0.25) is 0 Å². The van der Waals surface area contributed by atoms with Gasteiger partial charge in [0.05, 0.1) is 6.42 Å². The molecular weight excluding hydrogens is 184 g/mol. The number of nitrogen functional groups attached to an aromatic ring is 1. The van der Waals surface area contributed by atoms with Crippen LogP contribution in [0.4, 0.5) is 5.69 Å². The number of rotatable bonds is 3. The molecule has 76 valence electrons. The fourth-order valence-corrected chi connectivity index (χ4v) is 1.18. The molecule has 0 aromatic heterocycles. The maximum absolute atomic E-state index is 10.4. The maximum Gasteiger partial charge on any atom is 0.305 e. The molecule has 0 aliphatic heterocycles. The van der Waals surface area contributed by atoms with Crippen molar-refractivity contribution in [2.45, 2.75) is 12.5 Å². The Hall–Kier alpha value is -1.75. The number of aromatic hydroxyl groups is 1. The highest BCUT2D eigenvalue weighted by Crippen LogP contribution is 2.25. The Kier molecular flexibility index (Phi) is 2.93. The van der Waals surface area contributed by atoms with Gasteiger partial charge in [-0.3, -0.25) is 4.79 Å². The minimum absolute atomic E-state index is 0.0232. The van der Waals surface area contributed by atoms with Crippen molar-refractivity contribution in [3.8, 4) is 5.75 Å². The SMILES string of the molecule is Nc1ccc(O)cc1[C@@H](N)CC(=O)O. The summed E-state index contributed by atoms with van der Waals surface area (Å²) in [4.78, 5) is 10.4. The molecule has 5 heteroatoms. The van der Waals surface area contributed by atoms with Gasteiger partial charge in [0.25, 0.3) is 0 Å². The summed E-state index contributed by atoms with van der Waals surface area (Å²) in [7, 11) is 0. The zero-order valence-corrected chi connectivity index (χ0v) is 7.47. The molecule has 1 rings (SSSR count). The van der Waals surface area contributed by atoms with Crippen LogP contribution in [0.15, 0.2) is 18.2 Å². The number of nitrogens with two attached hydrogens (primary N) is 2. The summed E-state index contributed by atoms with van der Waals surface area (Å²) >= 11 is 0. The molecule has 14 heavy (non-hydrogen) atoms. The number of hydrogen-bond donors (Lipinski definition) is 4. The first-order valence-electron chi connectivity index (χ1n) is 4.06. The Morgan fingerprint density at radius 2 is 2.14 bits per heavy atom. The number of aliphatic carboxylic acids is 1. The van der Waals surface area contributed by atoms with E-state index in [0.717, 1.165) is 0 Å². The van der Waals surface area contributed by atoms with E-state index in [1.54, 1.807) is 0 Å². The number of phenolic OH excluding ortho intramolecular Hbond substituents is 1. The average Bonchev–Trinajstić information content (AvgIpc) is 2.08. The Morgan fingerprint density at radius 3 is 2.71 bits per heavy atom. The van der Waals surface area contributed by atoms with Crippen LogP contribution in [0.5, 0.6) is 5.75 Å². The van der Waals surface area contributed by atoms with Crippen LogP contribution in [-0.2, 0) is 4.79 Å². The first kappa shape index (κ1) is 10.3. The van der Waals surface area contributed by atoms with Gasteiger partial charge in [-0.15, -0.1) is 0 Å². The molecular formula is C9H12N2O3. The summed E-state index contributed by atoms with van der Waals surface area (Å²) in [6.07, 6.45) is -0.215. The quantitative estimate of drug-likeness (QED) is 0.414. The second kappa shape index (κ2) is 3.97. The lowest BCUT2D eigenvalue weighted by atomic mass is 10.0. The predicted molar refractivity (Wildman–Crippen MR) is 51.7 cm³/mol. The summed E-state index contributed by atoms with van der Waals surface area (Å²) in [5, 5.41) is 17.7. The number of benzene rings is 1. The first-order chi connectivity index (χ1) is 6.50. The molecule has 0 heterocycles. The summed E-state index contributed by atoms with van der Waals surface area (Å²) < 4.78 is 0. The number of anilines is 1. The van der Waals surface area contributed by atoms with E-state index in [1.807, 2.05) is 0 Å². The Bertz CT molecular complexity index is 352. The van der Waals surface area contributed by atoms with Crippen LogP contribution in [0, 0.1) is 0 Å². The lowest BCUT2D eigenvalue weighted by Gasteiger charge is -2.12. The second-order valence-electron chi connectivity index (χ2n) is 3.02. The molecule has 0 bridgehead atoms. The van der Waals surface area contributed by atoms with Gasteiger partial charge in [-0.2, -0.15) is 0 Å². The van der Waals surface area contributed by atoms with Gasteiger partial charge in [0, 0.05) is 11.7 Å². The highest BCUT2D eigenvalue weighted by atomic mass is 16.4. The summed E-state index contributed by atoms with van der Waals surface area (Å²) in [5.74, 6) is -0.977. The van der Waals surface area contributed by atoms with Gasteiger partial charge in [0.1, 0.15) is 5.75 Å². The van der Waals surface area contributed by atoms with Crippen molar-refractivity contribution in [2.75, 3.05) is 5.73 Å². The predicted octanol–water partition coefficient (Wildman–Crippen LogP) is 0.449. The number of phenols is 1. The monoisotopic (exact) mass is 196 g/mol. The third-order valence-corrected chi connectivity index (χ3v) is 1.86. The van der Waals surface area contributed by atoms with Gasteiger partial charge < -0.3 is 21.7 Å². The number of hydrogen-bond acceptors (Lipinski definition) is 4. The van der Waals surface area contributed by atoms with Gasteiger partial charge in [-0.1, -0.05) is 0 Å². The highest BCUT2D eigenvalue weighted by Gasteiger charge is 2.13. The van der Waals surface area contributed by atoms with E-state index in [-0.39, 0.29) is 12.2 Å². The van der Waals surface area contributed by atoms with Crippen molar-refractivity contribution in [1.82, 2.24) is 0 Å². The fraction of sp³-hybridized carbons (Fsp3) is 0.222. The Balaban J connectivity index is 2.93. The van der Waals surface area contributed by atoms with Crippen molar-refractivity contribution < 1.29 is 15.0 Å². The highest BCUT2D eigenvalue weighted by molar-refractivity contribution is 5.68. The maximum atomic E-state index is 10.4. The molecule has 0 saturated carbocycles. The minimum Gasteiger partial charge on any atom is -0.508 e. The van der Waals surface area contributed by atoms with Crippen molar-refractivity contribution in [3.05, 3.63) is 23.8 Å². The molecule has 0 fully saturated rings. The standard InChI is InChI=1S/C9H12N2O3/c10-7-2-1-5(12)3-6(7)8(11)4-9(13)14/h1-3,8,12H,4,10-11H2,(H,13,14)/t8-/m0/s1. The van der Waals surface area contributed by atoms with Crippen molar-refractivity contribution >= 4 is 11.7 Å². The normalized spacial score (nSPS) is 12.4. The molecule has 0 spiro atoms. The van der Waals surface area contributed by atoms with E-state index in [2.05, 4.69) is 0 Å². The molecule has 0 aliphatic rings. The zero-order valence-electron chi connectivity index (χ0n) is 7.47. The van der Waals surface area contributed by atoms with Crippen LogP contribution < -0.4 is 11.5 Å². The van der Waals surface area contributed by atoms with Gasteiger partial charge in [-0.25, -0.2) is 0 Å². The molecule has 1 aromatic rings. The molecule has 5 nitrogen and oxygen atoms in total. The van der Waals surface area contributed by atoms with Gasteiger partial charge in [-0.05, 0) is 23.8 Å². The largest absolute Gasteiger partial charge is 0.508 e. The van der Waals surface area contributed by atoms with Crippen LogP contribution >= 0.6 is 0 Å². The smallest absolute Gasteiger partial charge is 0.305 e. The average molecular weight is 196 g/mol. The van der Waals surface area contributed by atoms with Crippen LogP contribution in [0.25, 0.3) is 0 Å². The molecule has 0 radical (unpaired) electrons.